The van der Waals surface area contributed by atoms with Crippen molar-refractivity contribution in [2.45, 2.75) is 97.9 Å². The van der Waals surface area contributed by atoms with Crippen LogP contribution in [0.25, 0.3) is 0 Å². The van der Waals surface area contributed by atoms with Crippen molar-refractivity contribution in [3.05, 3.63) is 11.3 Å². The molecule has 26 heavy (non-hydrogen) atoms. The lowest BCUT2D eigenvalue weighted by molar-refractivity contribution is -0.533. The summed E-state index contributed by atoms with van der Waals surface area (Å²) in [5, 5.41) is 0.296. The number of rotatable bonds is 7. The van der Waals surface area contributed by atoms with E-state index in [-0.39, 0.29) is 6.10 Å². The highest BCUT2D eigenvalue weighted by molar-refractivity contribution is 6.74. The van der Waals surface area contributed by atoms with E-state index in [2.05, 4.69) is 59.2 Å². The van der Waals surface area contributed by atoms with Gasteiger partial charge in [0.25, 0.3) is 0 Å². The number of hydrogen-bond donors (Lipinski definition) is 0. The average Bonchev–Trinajstić information content (AvgIpc) is 2.50. The second-order valence-electron chi connectivity index (χ2n) is 10.1. The van der Waals surface area contributed by atoms with Crippen molar-refractivity contribution in [1.29, 1.82) is 0 Å². The molecule has 3 nitrogen and oxygen atoms in total. The van der Waals surface area contributed by atoms with Gasteiger partial charge in [0.1, 0.15) is 18.8 Å². The van der Waals surface area contributed by atoms with E-state index in [1.54, 1.807) is 5.71 Å². The summed E-state index contributed by atoms with van der Waals surface area (Å²) in [5.41, 5.74) is 3.09. The third-order valence-electron chi connectivity index (χ3n) is 6.22. The van der Waals surface area contributed by atoms with Gasteiger partial charge < -0.3 is 9.16 Å². The van der Waals surface area contributed by atoms with Crippen molar-refractivity contribution in [2.24, 2.45) is 5.92 Å². The summed E-state index contributed by atoms with van der Waals surface area (Å²) in [4.78, 5) is 0. The van der Waals surface area contributed by atoms with E-state index in [1.807, 2.05) is 0 Å². The molecule has 0 saturated carbocycles. The lowest BCUT2D eigenvalue weighted by atomic mass is 9.83. The molecule has 0 radical (unpaired) electrons. The Kier molecular flexibility index (Phi) is 7.17. The Balaban J connectivity index is 2.04. The van der Waals surface area contributed by atoms with Gasteiger partial charge in [-0.15, -0.1) is 0 Å². The zero-order chi connectivity index (χ0) is 19.5. The number of allylic oxidation sites excluding steroid dienone is 2. The van der Waals surface area contributed by atoms with Gasteiger partial charge in [0, 0.05) is 32.3 Å². The number of ether oxygens (including phenoxy) is 1. The van der Waals surface area contributed by atoms with Crippen molar-refractivity contribution in [2.75, 3.05) is 19.7 Å². The van der Waals surface area contributed by atoms with Gasteiger partial charge in [-0.3, -0.25) is 0 Å². The Morgan fingerprint density at radius 3 is 2.50 bits per heavy atom. The Labute approximate surface area is 163 Å². The predicted molar refractivity (Wildman–Crippen MR) is 114 cm³/mol. The molecule has 4 heteroatoms. The molecule has 0 aromatic heterocycles. The first-order chi connectivity index (χ1) is 12.0. The summed E-state index contributed by atoms with van der Waals surface area (Å²) in [5.74, 6) is 1.96. The molecule has 0 aromatic carbocycles. The minimum atomic E-state index is -1.62. The van der Waals surface area contributed by atoms with Crippen LogP contribution in [0, 0.1) is 5.92 Å². The molecule has 1 unspecified atom stereocenters. The van der Waals surface area contributed by atoms with E-state index in [4.69, 9.17) is 9.16 Å². The molecule has 0 aromatic rings. The monoisotopic (exact) mass is 380 g/mol. The average molecular weight is 381 g/mol. The van der Waals surface area contributed by atoms with Crippen LogP contribution in [-0.2, 0) is 9.16 Å². The first-order valence-electron chi connectivity index (χ1n) is 10.6. The largest absolute Gasteiger partial charge is 0.495 e. The van der Waals surface area contributed by atoms with Crippen LogP contribution in [-0.4, -0.2) is 44.4 Å². The van der Waals surface area contributed by atoms with Crippen molar-refractivity contribution >= 4 is 14.0 Å². The lowest BCUT2D eigenvalue weighted by Crippen LogP contribution is -2.41. The summed E-state index contributed by atoms with van der Waals surface area (Å²) < 4.78 is 15.2. The van der Waals surface area contributed by atoms with Gasteiger partial charge in [0.05, 0.1) is 11.7 Å². The molecule has 0 bridgehead atoms. The van der Waals surface area contributed by atoms with Gasteiger partial charge >= 0.3 is 0 Å². The zero-order valence-electron chi connectivity index (χ0n) is 18.6. The van der Waals surface area contributed by atoms with E-state index < -0.39 is 8.32 Å². The molecule has 0 fully saturated rings. The minimum Gasteiger partial charge on any atom is -0.495 e. The molecule has 1 aliphatic carbocycles. The summed E-state index contributed by atoms with van der Waals surface area (Å²) in [6.07, 6.45) is 6.17. The second kappa shape index (κ2) is 8.60. The van der Waals surface area contributed by atoms with Gasteiger partial charge in [0.2, 0.25) is 0 Å². The molecule has 0 amide bonds. The van der Waals surface area contributed by atoms with Crippen LogP contribution >= 0.6 is 0 Å². The van der Waals surface area contributed by atoms with Crippen LogP contribution in [0.3, 0.4) is 0 Å². The van der Waals surface area contributed by atoms with Crippen LogP contribution in [0.15, 0.2) is 11.3 Å². The third kappa shape index (κ3) is 5.45. The highest BCUT2D eigenvalue weighted by Gasteiger charge is 2.37. The minimum absolute atomic E-state index is 0.275. The topological polar surface area (TPSA) is 21.5 Å². The van der Waals surface area contributed by atoms with Gasteiger partial charge in [0.15, 0.2) is 14.0 Å². The standard InChI is InChI=1S/C22H42NO2Si/c1-17(2)25-21-16-18(3)15-20-19(21)11-9-12-23(20)13-10-14-24-26(7,8)22(4,5)6/h17-18H,9-16H2,1-8H3/q+1. The molecular weight excluding hydrogens is 338 g/mol. The van der Waals surface area contributed by atoms with E-state index in [0.717, 1.165) is 26.0 Å². The highest BCUT2D eigenvalue weighted by Crippen LogP contribution is 2.37. The molecule has 1 heterocycles. The molecule has 0 saturated heterocycles. The quantitative estimate of drug-likeness (QED) is 0.318. The van der Waals surface area contributed by atoms with Crippen molar-refractivity contribution in [3.8, 4) is 0 Å². The second-order valence-corrected chi connectivity index (χ2v) is 14.9. The molecule has 2 rings (SSSR count). The van der Waals surface area contributed by atoms with Gasteiger partial charge in [-0.1, -0.05) is 27.7 Å². The number of nitrogens with zero attached hydrogens (tertiary/aromatic N) is 1. The normalized spacial score (nSPS) is 22.1. The molecule has 150 valence electrons. The van der Waals surface area contributed by atoms with Crippen LogP contribution in [0.5, 0.6) is 0 Å². The molecular formula is C22H42NO2Si+. The van der Waals surface area contributed by atoms with Crippen LogP contribution in [0.1, 0.15) is 73.6 Å². The fourth-order valence-corrected chi connectivity index (χ4v) is 4.85. The fourth-order valence-electron chi connectivity index (χ4n) is 3.76. The Morgan fingerprint density at radius 1 is 1.19 bits per heavy atom. The molecule has 0 spiro atoms. The molecule has 1 aliphatic heterocycles. The Hall–Kier alpha value is -0.613. The van der Waals surface area contributed by atoms with Crippen LogP contribution in [0.4, 0.5) is 0 Å². The van der Waals surface area contributed by atoms with E-state index >= 15 is 0 Å². The molecule has 1 atom stereocenters. The smallest absolute Gasteiger partial charge is 0.191 e. The van der Waals surface area contributed by atoms with Crippen LogP contribution in [0.2, 0.25) is 18.1 Å². The van der Waals surface area contributed by atoms with Gasteiger partial charge in [-0.2, -0.15) is 0 Å². The fraction of sp³-hybridized carbons (Fsp3) is 0.864. The molecule has 0 N–H and O–H groups in total. The maximum Gasteiger partial charge on any atom is 0.191 e. The Bertz CT molecular complexity index is 555. The van der Waals surface area contributed by atoms with E-state index in [9.17, 15) is 0 Å². The zero-order valence-corrected chi connectivity index (χ0v) is 19.6. The summed E-state index contributed by atoms with van der Waals surface area (Å²) in [6.45, 7) is 21.5. The van der Waals surface area contributed by atoms with Crippen LogP contribution < -0.4 is 0 Å². The SMILES string of the molecule is CC1CC(OC(C)C)=C2CCC[N+](CCCO[Si](C)(C)C(C)(C)C)=C2C1. The summed E-state index contributed by atoms with van der Waals surface area (Å²) in [7, 11) is -1.62. The first kappa shape index (κ1) is 21.7. The van der Waals surface area contributed by atoms with Gasteiger partial charge in [-0.05, 0) is 44.3 Å². The van der Waals surface area contributed by atoms with Crippen molar-refractivity contribution in [1.82, 2.24) is 0 Å². The first-order valence-corrected chi connectivity index (χ1v) is 13.6. The number of fused-ring (bicyclic) bond motifs is 1. The van der Waals surface area contributed by atoms with E-state index in [1.165, 1.54) is 37.1 Å². The number of hydrogen-bond acceptors (Lipinski definition) is 2. The van der Waals surface area contributed by atoms with Gasteiger partial charge in [-0.25, -0.2) is 4.58 Å². The summed E-state index contributed by atoms with van der Waals surface area (Å²) >= 11 is 0. The maximum absolute atomic E-state index is 6.38. The van der Waals surface area contributed by atoms with Crippen molar-refractivity contribution in [3.63, 3.8) is 0 Å². The lowest BCUT2D eigenvalue weighted by Gasteiger charge is -2.36. The third-order valence-corrected chi connectivity index (χ3v) is 10.8. The summed E-state index contributed by atoms with van der Waals surface area (Å²) in [6, 6.07) is 0. The maximum atomic E-state index is 6.38. The van der Waals surface area contributed by atoms with E-state index in [0.29, 0.717) is 11.0 Å². The predicted octanol–water partition coefficient (Wildman–Crippen LogP) is 5.75. The molecule has 2 aliphatic rings. The highest BCUT2D eigenvalue weighted by atomic mass is 28.4. The van der Waals surface area contributed by atoms with Crippen molar-refractivity contribution < 1.29 is 13.7 Å². The Morgan fingerprint density at radius 2 is 1.88 bits per heavy atom.